The van der Waals surface area contributed by atoms with Crippen molar-refractivity contribution < 1.29 is 29.9 Å². The van der Waals surface area contributed by atoms with Gasteiger partial charge in [-0.25, -0.2) is 0 Å². The van der Waals surface area contributed by atoms with Gasteiger partial charge >= 0.3 is 0 Å². The van der Waals surface area contributed by atoms with Gasteiger partial charge in [0.1, 0.15) is 44.7 Å². The molecule has 0 aromatic rings. The molecule has 1 saturated carbocycles. The van der Waals surface area contributed by atoms with Gasteiger partial charge in [0.2, 0.25) is 1.43 Å². The Bertz CT molecular complexity index is 263. The van der Waals surface area contributed by atoms with E-state index in [2.05, 4.69) is 16.9 Å². The van der Waals surface area contributed by atoms with Gasteiger partial charge < -0.3 is 29.9 Å². The van der Waals surface area contributed by atoms with Crippen LogP contribution in [-0.4, -0.2) is 66.6 Å². The molecule has 0 spiro atoms. The quantitative estimate of drug-likeness (QED) is 0.396. The Morgan fingerprint density at radius 2 is 1.67 bits per heavy atom. The molecule has 8 heteroatoms. The molecule has 2 fully saturated rings. The molecule has 1 aliphatic carbocycles. The molecule has 6 unspecified atom stereocenters. The summed E-state index contributed by atoms with van der Waals surface area (Å²) >= 11 is 4.03. The molecule has 88 valence electrons. The summed E-state index contributed by atoms with van der Waals surface area (Å²) in [6.45, 7) is -0.0360. The molecular formula is C7H13O6PS. The number of hydrogen-bond acceptors (Lipinski definition) is 7. The van der Waals surface area contributed by atoms with Crippen molar-refractivity contribution in [3.8, 4) is 0 Å². The lowest BCUT2D eigenvalue weighted by Gasteiger charge is -2.38. The van der Waals surface area contributed by atoms with E-state index in [1.807, 2.05) is 0 Å². The molecule has 0 aromatic carbocycles. The fraction of sp³-hybridized carbons (Fsp3) is 1.00. The van der Waals surface area contributed by atoms with E-state index < -0.39 is 36.6 Å². The highest BCUT2D eigenvalue weighted by atomic mass is 32.4. The predicted octanol–water partition coefficient (Wildman–Crippen LogP) is -2.22. The minimum absolute atomic E-state index is 0.0360. The molecule has 15 heavy (non-hydrogen) atoms. The third kappa shape index (κ3) is 2.35. The summed E-state index contributed by atoms with van der Waals surface area (Å²) in [6.07, 6.45) is -6.40. The zero-order valence-electron chi connectivity index (χ0n) is 9.59. The van der Waals surface area contributed by atoms with Crippen LogP contribution in [0.25, 0.3) is 0 Å². The Morgan fingerprint density at radius 3 is 2.20 bits per heavy atom. The molecule has 0 amide bonds. The molecule has 0 radical (unpaired) electrons. The average Bonchev–Trinajstić information content (AvgIpc) is 2.77. The van der Waals surface area contributed by atoms with Crippen LogP contribution < -0.4 is 0 Å². The number of aliphatic hydroxyl groups excluding tert-OH is 4. The van der Waals surface area contributed by atoms with E-state index in [0.29, 0.717) is 0 Å². The summed E-state index contributed by atoms with van der Waals surface area (Å²) in [7, 11) is 0.250. The number of fused-ring (bicyclic) bond motifs is 1. The molecule has 6 atom stereocenters. The Labute approximate surface area is 96.5 Å². The van der Waals surface area contributed by atoms with Crippen LogP contribution >= 0.6 is 7.96 Å². The molecule has 2 aliphatic rings. The van der Waals surface area contributed by atoms with Gasteiger partial charge in [-0.2, -0.15) is 0 Å². The largest absolute Gasteiger partial charge is 0.387 e. The van der Waals surface area contributed by atoms with Gasteiger partial charge in [0.25, 0.3) is 0 Å². The molecule has 6 nitrogen and oxygen atoms in total. The summed E-state index contributed by atoms with van der Waals surface area (Å²) in [5.41, 5.74) is 0. The highest BCUT2D eigenvalue weighted by Crippen LogP contribution is 2.29. The Hall–Kier alpha value is 0.280. The average molecular weight is 259 g/mol. The Morgan fingerprint density at radius 1 is 1.20 bits per heavy atom. The van der Waals surface area contributed by atoms with Crippen LogP contribution in [0.15, 0.2) is 0 Å². The van der Waals surface area contributed by atoms with E-state index in [4.69, 9.17) is 12.2 Å². The fourth-order valence-electron chi connectivity index (χ4n) is 1.75. The minimum Gasteiger partial charge on any atom is -0.387 e. The van der Waals surface area contributed by atoms with Gasteiger partial charge in [0.05, 0.1) is 0 Å². The molecule has 2 rings (SSSR count). The second-order valence-electron chi connectivity index (χ2n) is 3.32. The minimum atomic E-state index is -1.38. The van der Waals surface area contributed by atoms with Crippen LogP contribution in [0.5, 0.6) is 0 Å². The molecule has 1 aliphatic heterocycles. The van der Waals surface area contributed by atoms with E-state index in [9.17, 15) is 15.3 Å². The van der Waals surface area contributed by atoms with Crippen molar-refractivity contribution in [1.82, 2.24) is 0 Å². The van der Waals surface area contributed by atoms with E-state index >= 15 is 0 Å². The topological polar surface area (TPSA) is 99.4 Å². The van der Waals surface area contributed by atoms with Crippen molar-refractivity contribution >= 4 is 19.8 Å². The maximum absolute atomic E-state index is 9.50. The summed E-state index contributed by atoms with van der Waals surface area (Å²) < 4.78 is 22.8. The summed E-state index contributed by atoms with van der Waals surface area (Å²) in [6, 6.07) is 0. The van der Waals surface area contributed by atoms with Gasteiger partial charge in [-0.3, -0.25) is 0 Å². The van der Waals surface area contributed by atoms with E-state index in [1.54, 1.807) is 0 Å². The molecular weight excluding hydrogens is 243 g/mol. The normalized spacial score (nSPS) is 51.1. The van der Waals surface area contributed by atoms with Crippen LogP contribution in [0.1, 0.15) is 0 Å². The molecule has 1 heterocycles. The summed E-state index contributed by atoms with van der Waals surface area (Å²) in [5, 5.41) is 32.6. The van der Waals surface area contributed by atoms with Crippen LogP contribution in [0.3, 0.4) is 0 Å². The first kappa shape index (κ1) is 10.4. The summed E-state index contributed by atoms with van der Waals surface area (Å²) in [5.74, 6) is 0. The molecule has 0 aromatic heterocycles. The first-order chi connectivity index (χ1) is 8.08. The van der Waals surface area contributed by atoms with Gasteiger partial charge in [-0.1, -0.05) is 11.8 Å². The van der Waals surface area contributed by atoms with Crippen molar-refractivity contribution in [2.45, 2.75) is 36.6 Å². The molecule has 0 bridgehead atoms. The van der Waals surface area contributed by atoms with E-state index in [-0.39, 0.29) is 14.8 Å². The zero-order chi connectivity index (χ0) is 13.0. The lowest BCUT2D eigenvalue weighted by Crippen LogP contribution is -2.62. The number of ether oxygens (including phenoxy) is 2. The summed E-state index contributed by atoms with van der Waals surface area (Å²) in [4.78, 5) is 0. The second kappa shape index (κ2) is 5.56. The monoisotopic (exact) mass is 259 g/mol. The highest BCUT2D eigenvalue weighted by Gasteiger charge is 2.52. The van der Waals surface area contributed by atoms with E-state index in [0.717, 1.165) is 0 Å². The zero-order valence-corrected chi connectivity index (χ0v) is 9.30. The van der Waals surface area contributed by atoms with Crippen LogP contribution in [0.2, 0.25) is 0 Å². The molecule has 4 N–H and O–H groups in total. The van der Waals surface area contributed by atoms with Crippen LogP contribution in [0.4, 0.5) is 0 Å². The lowest BCUT2D eigenvalue weighted by molar-refractivity contribution is -0.192. The molecule has 1 saturated heterocycles. The third-order valence-corrected chi connectivity index (χ3v) is 2.54. The van der Waals surface area contributed by atoms with Gasteiger partial charge in [-0.05, 0) is 7.96 Å². The van der Waals surface area contributed by atoms with Crippen LogP contribution in [0, 0.1) is 0 Å². The first-order valence-electron chi connectivity index (χ1n) is 5.10. The Kier molecular flexibility index (Phi) is 3.87. The van der Waals surface area contributed by atoms with Gasteiger partial charge in [-0.15, -0.1) is 0 Å². The van der Waals surface area contributed by atoms with Gasteiger partial charge in [0, 0.05) is 0 Å². The lowest BCUT2D eigenvalue weighted by atomic mass is 9.85. The van der Waals surface area contributed by atoms with Crippen molar-refractivity contribution in [3.63, 3.8) is 0 Å². The standard InChI is InChI=1S/C7H12O6.HPS/c8-2-3(9)5(11)7-6(4(2)10)12-1-13-7;1-2/h2-11H,1H2;1H/i10T;1D. The number of rotatable bonds is 1. The second-order valence-corrected chi connectivity index (χ2v) is 3.32. The Balaban J connectivity index is 0.000000437. The smallest absolute Gasteiger partial charge is 0.211 e. The van der Waals surface area contributed by atoms with Crippen molar-refractivity contribution in [1.29, 1.82) is 2.71 Å². The fourth-order valence-corrected chi connectivity index (χ4v) is 1.75. The van der Waals surface area contributed by atoms with Crippen molar-refractivity contribution in [2.75, 3.05) is 6.79 Å². The predicted molar refractivity (Wildman–Crippen MR) is 54.3 cm³/mol. The third-order valence-electron chi connectivity index (χ3n) is 2.54. The first-order valence-corrected chi connectivity index (χ1v) is 5.70. The number of aliphatic hydroxyl groups is 4. The van der Waals surface area contributed by atoms with Crippen LogP contribution in [-0.2, 0) is 21.3 Å². The van der Waals surface area contributed by atoms with Crippen molar-refractivity contribution in [2.24, 2.45) is 0 Å². The highest BCUT2D eigenvalue weighted by molar-refractivity contribution is 7.88. The SMILES string of the molecule is [2H]P=S.[3H]OC1C(O)C(O)C(O)C2OCOC12. The maximum atomic E-state index is 9.50. The maximum Gasteiger partial charge on any atom is 0.211 e. The van der Waals surface area contributed by atoms with E-state index in [1.165, 1.54) is 0 Å². The number of hydrogen-bond donors (Lipinski definition) is 4. The van der Waals surface area contributed by atoms with Crippen molar-refractivity contribution in [3.05, 3.63) is 0 Å². The van der Waals surface area contributed by atoms with Gasteiger partial charge in [0.15, 0.2) is 0 Å².